The summed E-state index contributed by atoms with van der Waals surface area (Å²) in [4.78, 5) is 9.18. The Morgan fingerprint density at radius 1 is 0.885 bits per heavy atom. The van der Waals surface area contributed by atoms with Crippen molar-refractivity contribution in [2.24, 2.45) is 0 Å². The van der Waals surface area contributed by atoms with E-state index in [1.54, 1.807) is 7.05 Å². The Kier molecular flexibility index (Phi) is 10.3. The van der Waals surface area contributed by atoms with Crippen LogP contribution in [0.2, 0.25) is 0 Å². The Hall–Kier alpha value is -2.17. The van der Waals surface area contributed by atoms with E-state index in [-0.39, 0.29) is 32.7 Å². The number of hydrogen-bond donors (Lipinski definition) is 0. The van der Waals surface area contributed by atoms with Crippen molar-refractivity contribution >= 4 is 6.21 Å². The van der Waals surface area contributed by atoms with E-state index in [1.165, 1.54) is 12.3 Å². The largest absolute Gasteiger partial charge is 0.811 e. The molecular weight excluding hydrogens is 397 g/mol. The fourth-order valence-electron chi connectivity index (χ4n) is 2.17. The summed E-state index contributed by atoms with van der Waals surface area (Å²) in [6.45, 7) is 2.00. The van der Waals surface area contributed by atoms with E-state index >= 15 is 0 Å². The molecule has 0 fully saturated rings. The SMILES string of the molecule is C[N-]/C=C\C=[N-].Cc1cc(-c2ccccc2)nc(-c2ccccc2)n1.[Y]. The Bertz CT molecular complexity index is 760. The second-order valence-corrected chi connectivity index (χ2v) is 5.20. The zero-order chi connectivity index (χ0) is 17.9. The van der Waals surface area contributed by atoms with Crippen molar-refractivity contribution in [3.63, 3.8) is 0 Å². The summed E-state index contributed by atoms with van der Waals surface area (Å²) in [5, 5.41) is 11.5. The zero-order valence-corrected chi connectivity index (χ0v) is 17.8. The van der Waals surface area contributed by atoms with Crippen LogP contribution in [0, 0.1) is 6.92 Å². The molecule has 0 bridgehead atoms. The van der Waals surface area contributed by atoms with Crippen LogP contribution in [0.1, 0.15) is 5.69 Å². The number of benzene rings is 2. The molecule has 0 N–H and O–H groups in total. The van der Waals surface area contributed by atoms with Gasteiger partial charge in [0.05, 0.1) is 5.69 Å². The van der Waals surface area contributed by atoms with Gasteiger partial charge in [0.15, 0.2) is 5.82 Å². The van der Waals surface area contributed by atoms with E-state index in [2.05, 4.69) is 27.4 Å². The van der Waals surface area contributed by atoms with Crippen molar-refractivity contribution in [3.8, 4) is 22.6 Å². The summed E-state index contributed by atoms with van der Waals surface area (Å²) in [6, 6.07) is 22.3. The minimum Gasteiger partial charge on any atom is -0.811 e. The van der Waals surface area contributed by atoms with Crippen LogP contribution in [0.4, 0.5) is 0 Å². The van der Waals surface area contributed by atoms with Crippen LogP contribution in [-0.4, -0.2) is 23.2 Å². The average Bonchev–Trinajstić information content (AvgIpc) is 2.68. The second kappa shape index (κ2) is 12.2. The van der Waals surface area contributed by atoms with E-state index in [9.17, 15) is 0 Å². The molecule has 3 rings (SSSR count). The van der Waals surface area contributed by atoms with Crippen LogP contribution in [-0.2, 0) is 32.7 Å². The molecule has 1 radical (unpaired) electrons. The van der Waals surface area contributed by atoms with Gasteiger partial charge in [0, 0.05) is 49.5 Å². The van der Waals surface area contributed by atoms with Gasteiger partial charge in [-0.2, -0.15) is 12.4 Å². The van der Waals surface area contributed by atoms with Crippen LogP contribution in [0.5, 0.6) is 0 Å². The standard InChI is InChI=1S/C17H14N2.C4H6N2.Y/c1-13-12-16(14-8-4-2-5-9-14)19-17(18-13)15-10-6-3-7-11-15;1-6-4-2-3-5;/h2-12H,1H3;2-4H,1H3;/q;-2;/b;4-2-;. The first-order valence-corrected chi connectivity index (χ1v) is 7.92. The van der Waals surface area contributed by atoms with Gasteiger partial charge in [-0.05, 0) is 13.0 Å². The third-order valence-corrected chi connectivity index (χ3v) is 3.28. The Balaban J connectivity index is 0.000000422. The minimum absolute atomic E-state index is 0. The fourth-order valence-corrected chi connectivity index (χ4v) is 2.17. The van der Waals surface area contributed by atoms with Crippen molar-refractivity contribution in [1.29, 1.82) is 0 Å². The van der Waals surface area contributed by atoms with Crippen LogP contribution in [0.25, 0.3) is 33.4 Å². The number of hydrogen-bond acceptors (Lipinski definition) is 2. The molecule has 0 atom stereocenters. The van der Waals surface area contributed by atoms with Crippen molar-refractivity contribution in [2.45, 2.75) is 6.92 Å². The molecule has 1 aromatic heterocycles. The van der Waals surface area contributed by atoms with Crippen molar-refractivity contribution in [2.75, 3.05) is 7.05 Å². The van der Waals surface area contributed by atoms with Crippen molar-refractivity contribution in [1.82, 2.24) is 9.97 Å². The molecule has 129 valence electrons. The molecule has 0 saturated heterocycles. The first kappa shape index (κ1) is 21.9. The summed E-state index contributed by atoms with van der Waals surface area (Å²) in [5.74, 6) is 0.777. The average molecular weight is 417 g/mol. The fraction of sp³-hybridized carbons (Fsp3) is 0.0952. The van der Waals surface area contributed by atoms with E-state index in [0.29, 0.717) is 0 Å². The first-order chi connectivity index (χ1) is 12.2. The molecule has 0 unspecified atom stereocenters. The monoisotopic (exact) mass is 417 g/mol. The molecule has 3 aromatic rings. The predicted octanol–water partition coefficient (Wildman–Crippen LogP) is 5.26. The van der Waals surface area contributed by atoms with E-state index in [1.807, 2.05) is 61.5 Å². The van der Waals surface area contributed by atoms with Crippen LogP contribution in [0.3, 0.4) is 0 Å². The number of allylic oxidation sites excluding steroid dienone is 1. The summed E-state index contributed by atoms with van der Waals surface area (Å²) < 4.78 is 0. The predicted molar refractivity (Wildman–Crippen MR) is 105 cm³/mol. The van der Waals surface area contributed by atoms with Crippen LogP contribution in [0.15, 0.2) is 79.0 Å². The van der Waals surface area contributed by atoms with Crippen LogP contribution < -0.4 is 0 Å². The Labute approximate surface area is 180 Å². The van der Waals surface area contributed by atoms with Gasteiger partial charge < -0.3 is 10.7 Å². The Morgan fingerprint density at radius 2 is 1.46 bits per heavy atom. The molecule has 26 heavy (non-hydrogen) atoms. The van der Waals surface area contributed by atoms with Gasteiger partial charge in [0.1, 0.15) is 0 Å². The molecule has 5 heteroatoms. The number of aryl methyl sites for hydroxylation is 1. The summed E-state index contributed by atoms with van der Waals surface area (Å²) in [7, 11) is 1.64. The maximum Gasteiger partial charge on any atom is 0.160 e. The zero-order valence-electron chi connectivity index (χ0n) is 14.9. The topological polar surface area (TPSA) is 62.2 Å². The Morgan fingerprint density at radius 3 is 1.96 bits per heavy atom. The maximum absolute atomic E-state index is 7.93. The number of nitrogens with zero attached hydrogens (tertiary/aromatic N) is 4. The third-order valence-electron chi connectivity index (χ3n) is 3.28. The number of rotatable bonds is 4. The molecule has 1 heterocycles. The number of aromatic nitrogens is 2. The van der Waals surface area contributed by atoms with Gasteiger partial charge >= 0.3 is 0 Å². The molecular formula is C21H20N4Y-2. The van der Waals surface area contributed by atoms with E-state index in [4.69, 9.17) is 5.41 Å². The van der Waals surface area contributed by atoms with Crippen LogP contribution >= 0.6 is 0 Å². The third kappa shape index (κ3) is 6.99. The molecule has 0 aliphatic rings. The molecule has 0 aliphatic carbocycles. The van der Waals surface area contributed by atoms with E-state index in [0.717, 1.165) is 34.6 Å². The van der Waals surface area contributed by atoms with Crippen molar-refractivity contribution < 1.29 is 32.7 Å². The van der Waals surface area contributed by atoms with Gasteiger partial charge in [0.2, 0.25) is 0 Å². The molecule has 0 saturated carbocycles. The van der Waals surface area contributed by atoms with E-state index < -0.39 is 0 Å². The normalized spacial score (nSPS) is 9.62. The summed E-state index contributed by atoms with van der Waals surface area (Å²) >= 11 is 0. The van der Waals surface area contributed by atoms with Gasteiger partial charge in [0.25, 0.3) is 0 Å². The van der Waals surface area contributed by atoms with Gasteiger partial charge in [-0.15, -0.1) is 13.1 Å². The van der Waals surface area contributed by atoms with Crippen molar-refractivity contribution in [3.05, 3.63) is 95.4 Å². The smallest absolute Gasteiger partial charge is 0.160 e. The van der Waals surface area contributed by atoms with Gasteiger partial charge in [-0.1, -0.05) is 60.7 Å². The molecule has 2 aromatic carbocycles. The molecule has 0 aliphatic heterocycles. The molecule has 0 spiro atoms. The summed E-state index contributed by atoms with van der Waals surface area (Å²) in [6.07, 6.45) is 3.88. The summed E-state index contributed by atoms with van der Waals surface area (Å²) in [5.41, 5.74) is 4.10. The second-order valence-electron chi connectivity index (χ2n) is 5.20. The minimum atomic E-state index is 0. The first-order valence-electron chi connectivity index (χ1n) is 7.92. The quantitative estimate of drug-likeness (QED) is 0.544. The maximum atomic E-state index is 7.93. The molecule has 0 amide bonds. The van der Waals surface area contributed by atoms with Gasteiger partial charge in [-0.25, -0.2) is 9.97 Å². The molecule has 4 nitrogen and oxygen atoms in total. The van der Waals surface area contributed by atoms with Gasteiger partial charge in [-0.3, -0.25) is 0 Å².